The van der Waals surface area contributed by atoms with Crippen LogP contribution < -0.4 is 9.64 Å². The van der Waals surface area contributed by atoms with Crippen molar-refractivity contribution < 1.29 is 14.3 Å². The van der Waals surface area contributed by atoms with Gasteiger partial charge in [-0.1, -0.05) is 0 Å². The zero-order valence-corrected chi connectivity index (χ0v) is 17.1. The zero-order valence-electron chi connectivity index (χ0n) is 17.1. The first-order valence-electron chi connectivity index (χ1n) is 9.34. The fourth-order valence-corrected chi connectivity index (χ4v) is 3.31. The quantitative estimate of drug-likeness (QED) is 0.575. The Hall–Kier alpha value is -2.95. The van der Waals surface area contributed by atoms with Crippen molar-refractivity contribution in [2.24, 2.45) is 4.99 Å². The SMILES string of the molecule is CN(C)C=Nc1ccc2c(c1C#N)OC[C@@H]1CN(C(=O)OC(C)(C)C)CCN21. The van der Waals surface area contributed by atoms with E-state index < -0.39 is 5.60 Å². The summed E-state index contributed by atoms with van der Waals surface area (Å²) in [5, 5.41) is 9.65. The third kappa shape index (κ3) is 4.14. The second-order valence-electron chi connectivity index (χ2n) is 8.21. The highest BCUT2D eigenvalue weighted by Gasteiger charge is 2.37. The van der Waals surface area contributed by atoms with Crippen molar-refractivity contribution in [3.8, 4) is 11.8 Å². The Morgan fingerprint density at radius 1 is 1.39 bits per heavy atom. The molecule has 0 aliphatic carbocycles. The summed E-state index contributed by atoms with van der Waals surface area (Å²) in [5.41, 5.74) is 1.37. The highest BCUT2D eigenvalue weighted by molar-refractivity contribution is 5.77. The molecule has 3 rings (SSSR count). The monoisotopic (exact) mass is 385 g/mol. The fraction of sp³-hybridized carbons (Fsp3) is 0.550. The number of hydrogen-bond donors (Lipinski definition) is 0. The van der Waals surface area contributed by atoms with Gasteiger partial charge in [-0.05, 0) is 32.9 Å². The van der Waals surface area contributed by atoms with E-state index in [-0.39, 0.29) is 12.1 Å². The van der Waals surface area contributed by atoms with Crippen LogP contribution >= 0.6 is 0 Å². The van der Waals surface area contributed by atoms with Gasteiger partial charge in [0.2, 0.25) is 0 Å². The van der Waals surface area contributed by atoms with Crippen LogP contribution in [-0.4, -0.2) is 74.2 Å². The minimum absolute atomic E-state index is 0.0245. The lowest BCUT2D eigenvalue weighted by atomic mass is 10.0. The number of nitrogens with zero attached hydrogens (tertiary/aromatic N) is 5. The van der Waals surface area contributed by atoms with Crippen molar-refractivity contribution in [1.82, 2.24) is 9.80 Å². The van der Waals surface area contributed by atoms with Crippen molar-refractivity contribution in [3.63, 3.8) is 0 Å². The summed E-state index contributed by atoms with van der Waals surface area (Å²) in [5.74, 6) is 0.567. The molecule has 0 saturated carbocycles. The normalized spacial score (nSPS) is 18.8. The maximum Gasteiger partial charge on any atom is 0.410 e. The number of nitriles is 1. The average Bonchev–Trinajstić information content (AvgIpc) is 2.63. The Labute approximate surface area is 165 Å². The standard InChI is InChI=1S/C20H27N5O3/c1-20(2,3)28-19(26)24-8-9-25-14(11-24)12-27-18-15(10-21)16(6-7-17(18)25)22-13-23(4)5/h6-7,13-14H,8-9,11-12H2,1-5H3/t14-/m0/s1. The lowest BCUT2D eigenvalue weighted by molar-refractivity contribution is 0.0195. The highest BCUT2D eigenvalue weighted by atomic mass is 16.6. The average molecular weight is 385 g/mol. The Morgan fingerprint density at radius 3 is 2.79 bits per heavy atom. The van der Waals surface area contributed by atoms with E-state index in [1.807, 2.05) is 51.9 Å². The van der Waals surface area contributed by atoms with Crippen molar-refractivity contribution in [1.29, 1.82) is 5.26 Å². The lowest BCUT2D eigenvalue weighted by Crippen LogP contribution is -2.59. The Morgan fingerprint density at radius 2 is 2.14 bits per heavy atom. The first-order valence-corrected chi connectivity index (χ1v) is 9.34. The van der Waals surface area contributed by atoms with Crippen LogP contribution in [0.2, 0.25) is 0 Å². The molecular formula is C20H27N5O3. The highest BCUT2D eigenvalue weighted by Crippen LogP contribution is 2.41. The first kappa shape index (κ1) is 19.8. The van der Waals surface area contributed by atoms with Gasteiger partial charge in [-0.2, -0.15) is 5.26 Å². The molecule has 2 heterocycles. The molecule has 28 heavy (non-hydrogen) atoms. The molecule has 1 aromatic rings. The van der Waals surface area contributed by atoms with Gasteiger partial charge in [-0.3, -0.25) is 0 Å². The number of piperazine rings is 1. The second-order valence-corrected chi connectivity index (χ2v) is 8.21. The van der Waals surface area contributed by atoms with Gasteiger partial charge in [-0.15, -0.1) is 0 Å². The van der Waals surface area contributed by atoms with Gasteiger partial charge in [0, 0.05) is 33.7 Å². The second kappa shape index (κ2) is 7.58. The third-order valence-corrected chi connectivity index (χ3v) is 4.52. The van der Waals surface area contributed by atoms with Gasteiger partial charge in [0.15, 0.2) is 5.75 Å². The van der Waals surface area contributed by atoms with Crippen LogP contribution in [0.4, 0.5) is 16.2 Å². The summed E-state index contributed by atoms with van der Waals surface area (Å²) >= 11 is 0. The van der Waals surface area contributed by atoms with Crippen molar-refractivity contribution in [3.05, 3.63) is 17.7 Å². The number of ether oxygens (including phenoxy) is 2. The van der Waals surface area contributed by atoms with Gasteiger partial charge in [0.05, 0.1) is 23.8 Å². The van der Waals surface area contributed by atoms with Crippen molar-refractivity contribution >= 4 is 23.8 Å². The number of anilines is 1. The molecule has 1 saturated heterocycles. The van der Waals surface area contributed by atoms with Crippen LogP contribution in [0.15, 0.2) is 17.1 Å². The molecule has 0 aromatic heterocycles. The van der Waals surface area contributed by atoms with Crippen LogP contribution in [0.25, 0.3) is 0 Å². The van der Waals surface area contributed by atoms with Crippen LogP contribution in [0.5, 0.6) is 5.75 Å². The van der Waals surface area contributed by atoms with Crippen molar-refractivity contribution in [2.75, 3.05) is 45.2 Å². The number of benzene rings is 1. The number of carbonyl (C=O) groups is 1. The number of amides is 1. The molecule has 0 radical (unpaired) electrons. The predicted molar refractivity (Wildman–Crippen MR) is 107 cm³/mol. The third-order valence-electron chi connectivity index (χ3n) is 4.52. The molecule has 8 heteroatoms. The number of carbonyl (C=O) groups excluding carboxylic acids is 1. The molecule has 2 aliphatic heterocycles. The summed E-state index contributed by atoms with van der Waals surface area (Å²) < 4.78 is 11.5. The molecule has 0 N–H and O–H groups in total. The summed E-state index contributed by atoms with van der Waals surface area (Å²) in [7, 11) is 3.75. The Kier molecular flexibility index (Phi) is 5.36. The number of rotatable bonds is 2. The lowest BCUT2D eigenvalue weighted by Gasteiger charge is -2.45. The first-order chi connectivity index (χ1) is 13.2. The molecule has 0 bridgehead atoms. The van der Waals surface area contributed by atoms with E-state index in [1.165, 1.54) is 0 Å². The molecule has 1 aromatic carbocycles. The van der Waals surface area contributed by atoms with E-state index >= 15 is 0 Å². The molecule has 0 unspecified atom stereocenters. The summed E-state index contributed by atoms with van der Waals surface area (Å²) in [6.07, 6.45) is 1.36. The van der Waals surface area contributed by atoms with Crippen LogP contribution in [0, 0.1) is 11.3 Å². The zero-order chi connectivity index (χ0) is 20.5. The van der Waals surface area contributed by atoms with Gasteiger partial charge in [0.25, 0.3) is 0 Å². The van der Waals surface area contributed by atoms with Crippen LogP contribution in [0.1, 0.15) is 26.3 Å². The molecule has 0 spiro atoms. The molecule has 1 atom stereocenters. The van der Waals surface area contributed by atoms with Crippen LogP contribution in [0.3, 0.4) is 0 Å². The number of hydrogen-bond acceptors (Lipinski definition) is 6. The summed E-state index contributed by atoms with van der Waals surface area (Å²) in [6, 6.07) is 6.03. The number of fused-ring (bicyclic) bond motifs is 3. The fourth-order valence-electron chi connectivity index (χ4n) is 3.31. The van der Waals surface area contributed by atoms with Gasteiger partial charge >= 0.3 is 6.09 Å². The maximum absolute atomic E-state index is 12.4. The van der Waals surface area contributed by atoms with E-state index in [0.29, 0.717) is 43.2 Å². The molecule has 1 fully saturated rings. The Bertz CT molecular complexity index is 822. The summed E-state index contributed by atoms with van der Waals surface area (Å²) in [6.45, 7) is 7.74. The number of aliphatic imine (C=N–C) groups is 1. The molecule has 1 amide bonds. The van der Waals surface area contributed by atoms with E-state index in [0.717, 1.165) is 5.69 Å². The van der Waals surface area contributed by atoms with E-state index in [4.69, 9.17) is 9.47 Å². The maximum atomic E-state index is 12.4. The van der Waals surface area contributed by atoms with Crippen LogP contribution in [-0.2, 0) is 4.74 Å². The minimum atomic E-state index is -0.519. The smallest absolute Gasteiger partial charge is 0.410 e. The van der Waals surface area contributed by atoms with Gasteiger partial charge in [0.1, 0.15) is 23.8 Å². The molecule has 150 valence electrons. The van der Waals surface area contributed by atoms with Gasteiger partial charge < -0.3 is 24.2 Å². The van der Waals surface area contributed by atoms with E-state index in [9.17, 15) is 10.1 Å². The van der Waals surface area contributed by atoms with Crippen molar-refractivity contribution in [2.45, 2.75) is 32.4 Å². The molecule has 8 nitrogen and oxygen atoms in total. The molecule has 2 aliphatic rings. The largest absolute Gasteiger partial charge is 0.488 e. The Balaban J connectivity index is 1.81. The predicted octanol–water partition coefficient (Wildman–Crippen LogP) is 2.60. The molecular weight excluding hydrogens is 358 g/mol. The topological polar surface area (TPSA) is 81.4 Å². The summed E-state index contributed by atoms with van der Waals surface area (Å²) in [4.78, 5) is 22.5. The minimum Gasteiger partial charge on any atom is -0.488 e. The van der Waals surface area contributed by atoms with Gasteiger partial charge in [-0.25, -0.2) is 9.79 Å². The van der Waals surface area contributed by atoms with E-state index in [2.05, 4.69) is 16.0 Å². The van der Waals surface area contributed by atoms with E-state index in [1.54, 1.807) is 11.2 Å².